The lowest BCUT2D eigenvalue weighted by atomic mass is 10.2. The molecule has 0 aliphatic heterocycles. The molecule has 2 aromatic carbocycles. The summed E-state index contributed by atoms with van der Waals surface area (Å²) in [7, 11) is 0. The molecular formula is C17H16Cl3NO2. The van der Waals surface area contributed by atoms with Crippen LogP contribution in [0.4, 0.5) is 0 Å². The number of benzene rings is 2. The molecule has 2 rings (SSSR count). The average molecular weight is 373 g/mol. The van der Waals surface area contributed by atoms with Crippen LogP contribution in [0.3, 0.4) is 0 Å². The first kappa shape index (κ1) is 17.9. The van der Waals surface area contributed by atoms with Crippen molar-refractivity contribution in [3.8, 4) is 5.75 Å². The van der Waals surface area contributed by atoms with Crippen LogP contribution in [0.1, 0.15) is 18.9 Å². The van der Waals surface area contributed by atoms with E-state index in [4.69, 9.17) is 39.5 Å². The van der Waals surface area contributed by atoms with Crippen LogP contribution in [0.5, 0.6) is 5.75 Å². The van der Waals surface area contributed by atoms with Gasteiger partial charge in [0, 0.05) is 16.6 Å². The Labute approximate surface area is 150 Å². The normalized spacial score (nSPS) is 11.8. The van der Waals surface area contributed by atoms with E-state index < -0.39 is 6.10 Å². The van der Waals surface area contributed by atoms with Crippen LogP contribution in [-0.2, 0) is 11.3 Å². The highest BCUT2D eigenvalue weighted by Crippen LogP contribution is 2.25. The average Bonchev–Trinajstić information content (AvgIpc) is 2.53. The number of rotatable bonds is 6. The zero-order valence-electron chi connectivity index (χ0n) is 12.5. The zero-order chi connectivity index (χ0) is 16.8. The summed E-state index contributed by atoms with van der Waals surface area (Å²) in [4.78, 5) is 12.3. The fourth-order valence-corrected chi connectivity index (χ4v) is 2.63. The van der Waals surface area contributed by atoms with Crippen molar-refractivity contribution in [2.24, 2.45) is 0 Å². The van der Waals surface area contributed by atoms with Crippen molar-refractivity contribution in [2.75, 3.05) is 0 Å². The van der Waals surface area contributed by atoms with Crippen molar-refractivity contribution >= 4 is 40.7 Å². The first-order valence-electron chi connectivity index (χ1n) is 7.14. The van der Waals surface area contributed by atoms with E-state index in [1.807, 2.05) is 6.92 Å². The van der Waals surface area contributed by atoms with Crippen molar-refractivity contribution < 1.29 is 9.53 Å². The molecule has 2 aromatic rings. The first-order chi connectivity index (χ1) is 11.0. The van der Waals surface area contributed by atoms with Crippen LogP contribution in [0.15, 0.2) is 42.5 Å². The Morgan fingerprint density at radius 3 is 2.52 bits per heavy atom. The van der Waals surface area contributed by atoms with E-state index in [1.165, 1.54) is 0 Å². The van der Waals surface area contributed by atoms with E-state index in [9.17, 15) is 4.79 Å². The Kier molecular flexibility index (Phi) is 6.58. The Bertz CT molecular complexity index is 691. The Balaban J connectivity index is 1.99. The summed E-state index contributed by atoms with van der Waals surface area (Å²) in [5, 5.41) is 4.35. The van der Waals surface area contributed by atoms with Gasteiger partial charge in [-0.05, 0) is 36.2 Å². The maximum Gasteiger partial charge on any atom is 0.261 e. The smallest absolute Gasteiger partial charge is 0.261 e. The number of hydrogen-bond donors (Lipinski definition) is 1. The van der Waals surface area contributed by atoms with Crippen molar-refractivity contribution in [1.29, 1.82) is 0 Å². The minimum Gasteiger partial charge on any atom is -0.479 e. The van der Waals surface area contributed by atoms with Gasteiger partial charge in [-0.1, -0.05) is 59.9 Å². The third kappa shape index (κ3) is 5.03. The standard InChI is InChI=1S/C17H16Cl3NO2/c1-2-15(23-16-6-4-3-5-13(16)19)17(22)21-10-11-7-8-12(18)9-14(11)20/h3-9,15H,2,10H2,1H3,(H,21,22)/t15-/m1/s1. The number of para-hydroxylation sites is 1. The molecule has 6 heteroatoms. The van der Waals surface area contributed by atoms with E-state index in [0.29, 0.717) is 33.8 Å². The molecule has 1 amide bonds. The fraction of sp³-hybridized carbons (Fsp3) is 0.235. The second-order valence-corrected chi connectivity index (χ2v) is 6.15. The molecule has 0 unspecified atom stereocenters. The van der Waals surface area contributed by atoms with Gasteiger partial charge in [0.15, 0.2) is 6.10 Å². The molecule has 0 bridgehead atoms. The summed E-state index contributed by atoms with van der Waals surface area (Å²) in [6.07, 6.45) is -0.105. The molecule has 23 heavy (non-hydrogen) atoms. The van der Waals surface area contributed by atoms with Crippen LogP contribution < -0.4 is 10.1 Å². The first-order valence-corrected chi connectivity index (χ1v) is 8.27. The van der Waals surface area contributed by atoms with Crippen LogP contribution in [-0.4, -0.2) is 12.0 Å². The third-order valence-corrected chi connectivity index (χ3v) is 4.14. The molecule has 3 nitrogen and oxygen atoms in total. The molecule has 1 N–H and O–H groups in total. The minimum atomic E-state index is -0.624. The number of nitrogens with one attached hydrogen (secondary N) is 1. The summed E-state index contributed by atoms with van der Waals surface area (Å²) in [5.41, 5.74) is 0.789. The van der Waals surface area contributed by atoms with E-state index in [-0.39, 0.29) is 5.91 Å². The summed E-state index contributed by atoms with van der Waals surface area (Å²) < 4.78 is 5.70. The number of ether oxygens (including phenoxy) is 1. The van der Waals surface area contributed by atoms with Crippen molar-refractivity contribution in [2.45, 2.75) is 26.0 Å². The van der Waals surface area contributed by atoms with Gasteiger partial charge < -0.3 is 10.1 Å². The number of hydrogen-bond acceptors (Lipinski definition) is 2. The second kappa shape index (κ2) is 8.44. The van der Waals surface area contributed by atoms with Gasteiger partial charge in [-0.3, -0.25) is 4.79 Å². The van der Waals surface area contributed by atoms with Gasteiger partial charge >= 0.3 is 0 Å². The van der Waals surface area contributed by atoms with E-state index in [2.05, 4.69) is 5.32 Å². The van der Waals surface area contributed by atoms with Crippen LogP contribution in [0.2, 0.25) is 15.1 Å². The summed E-state index contributed by atoms with van der Waals surface area (Å²) in [6, 6.07) is 12.2. The zero-order valence-corrected chi connectivity index (χ0v) is 14.8. The van der Waals surface area contributed by atoms with Gasteiger partial charge in [0.25, 0.3) is 5.91 Å². The number of carbonyl (C=O) groups excluding carboxylic acids is 1. The quantitative estimate of drug-likeness (QED) is 0.764. The summed E-state index contributed by atoms with van der Waals surface area (Å²) >= 11 is 18.0. The Morgan fingerprint density at radius 2 is 1.87 bits per heavy atom. The fourth-order valence-electron chi connectivity index (χ4n) is 1.98. The molecule has 0 radical (unpaired) electrons. The number of halogens is 3. The predicted octanol–water partition coefficient (Wildman–Crippen LogP) is 5.12. The monoisotopic (exact) mass is 371 g/mol. The van der Waals surface area contributed by atoms with Gasteiger partial charge in [-0.25, -0.2) is 0 Å². The summed E-state index contributed by atoms with van der Waals surface area (Å²) in [6.45, 7) is 2.17. The molecule has 122 valence electrons. The lowest BCUT2D eigenvalue weighted by Crippen LogP contribution is -2.37. The van der Waals surface area contributed by atoms with Gasteiger partial charge in [-0.2, -0.15) is 0 Å². The predicted molar refractivity (Wildman–Crippen MR) is 94.5 cm³/mol. The molecule has 0 spiro atoms. The maximum absolute atomic E-state index is 12.3. The van der Waals surface area contributed by atoms with Gasteiger partial charge in [-0.15, -0.1) is 0 Å². The lowest BCUT2D eigenvalue weighted by molar-refractivity contribution is -0.128. The summed E-state index contributed by atoms with van der Waals surface area (Å²) in [5.74, 6) is 0.263. The maximum atomic E-state index is 12.3. The van der Waals surface area contributed by atoms with Gasteiger partial charge in [0.1, 0.15) is 5.75 Å². The molecule has 0 aliphatic rings. The van der Waals surface area contributed by atoms with Crippen molar-refractivity contribution in [3.63, 3.8) is 0 Å². The molecule has 0 fully saturated rings. The Hall–Kier alpha value is -1.42. The number of carbonyl (C=O) groups is 1. The van der Waals surface area contributed by atoms with Crippen LogP contribution in [0, 0.1) is 0 Å². The largest absolute Gasteiger partial charge is 0.479 e. The van der Waals surface area contributed by atoms with Crippen LogP contribution in [0.25, 0.3) is 0 Å². The molecule has 0 saturated heterocycles. The molecule has 0 saturated carbocycles. The highest BCUT2D eigenvalue weighted by atomic mass is 35.5. The highest BCUT2D eigenvalue weighted by molar-refractivity contribution is 6.35. The molecule has 1 atom stereocenters. The lowest BCUT2D eigenvalue weighted by Gasteiger charge is -2.18. The van der Waals surface area contributed by atoms with E-state index in [0.717, 1.165) is 5.56 Å². The molecule has 0 aromatic heterocycles. The van der Waals surface area contributed by atoms with Crippen LogP contribution >= 0.6 is 34.8 Å². The number of amides is 1. The van der Waals surface area contributed by atoms with Crippen molar-refractivity contribution in [3.05, 3.63) is 63.1 Å². The second-order valence-electron chi connectivity index (χ2n) is 4.90. The van der Waals surface area contributed by atoms with Gasteiger partial charge in [0.2, 0.25) is 0 Å². The topological polar surface area (TPSA) is 38.3 Å². The molecule has 0 aliphatic carbocycles. The molecule has 0 heterocycles. The van der Waals surface area contributed by atoms with E-state index >= 15 is 0 Å². The SMILES string of the molecule is CC[C@@H](Oc1ccccc1Cl)C(=O)NCc1ccc(Cl)cc1Cl. The molecular weight excluding hydrogens is 357 g/mol. The Morgan fingerprint density at radius 1 is 1.13 bits per heavy atom. The minimum absolute atomic E-state index is 0.224. The highest BCUT2D eigenvalue weighted by Gasteiger charge is 2.19. The van der Waals surface area contributed by atoms with Gasteiger partial charge in [0.05, 0.1) is 5.02 Å². The van der Waals surface area contributed by atoms with Crippen molar-refractivity contribution in [1.82, 2.24) is 5.32 Å². The third-order valence-electron chi connectivity index (χ3n) is 3.24. The van der Waals surface area contributed by atoms with E-state index in [1.54, 1.807) is 42.5 Å².